The van der Waals surface area contributed by atoms with Gasteiger partial charge in [0.25, 0.3) is 0 Å². The molecule has 7 heteroatoms. The van der Waals surface area contributed by atoms with Crippen LogP contribution in [0, 0.1) is 0 Å². The SMILES string of the molecule is O=C(C[C@@H]1CCCO1)NS(=O)(=O)N1CCc2ccccc2C1. The molecule has 1 amide bonds. The fourth-order valence-electron chi connectivity index (χ4n) is 2.94. The van der Waals surface area contributed by atoms with Crippen LogP contribution in [0.2, 0.25) is 0 Å². The topological polar surface area (TPSA) is 75.7 Å². The first kappa shape index (κ1) is 15.5. The van der Waals surface area contributed by atoms with E-state index in [-0.39, 0.29) is 12.5 Å². The Kier molecular flexibility index (Phi) is 4.46. The Hall–Kier alpha value is -1.44. The largest absolute Gasteiger partial charge is 0.378 e. The van der Waals surface area contributed by atoms with Gasteiger partial charge in [0.05, 0.1) is 12.5 Å². The van der Waals surface area contributed by atoms with Gasteiger partial charge in [0, 0.05) is 19.7 Å². The number of fused-ring (bicyclic) bond motifs is 1. The van der Waals surface area contributed by atoms with Crippen LogP contribution in [0.3, 0.4) is 0 Å². The van der Waals surface area contributed by atoms with Crippen LogP contribution in [0.25, 0.3) is 0 Å². The third-order valence-corrected chi connectivity index (χ3v) is 5.59. The molecule has 1 aromatic carbocycles. The second-order valence-electron chi connectivity index (χ2n) is 5.72. The lowest BCUT2D eigenvalue weighted by Crippen LogP contribution is -2.46. The lowest BCUT2D eigenvalue weighted by Gasteiger charge is -2.28. The van der Waals surface area contributed by atoms with E-state index in [0.717, 1.165) is 18.4 Å². The minimum atomic E-state index is -3.79. The van der Waals surface area contributed by atoms with Crippen molar-refractivity contribution < 1.29 is 17.9 Å². The number of nitrogens with zero attached hydrogens (tertiary/aromatic N) is 1. The Balaban J connectivity index is 1.62. The highest BCUT2D eigenvalue weighted by Crippen LogP contribution is 2.20. The zero-order chi connectivity index (χ0) is 15.6. The molecule has 2 aliphatic heterocycles. The number of hydrogen-bond acceptors (Lipinski definition) is 4. The Morgan fingerprint density at radius 2 is 2.09 bits per heavy atom. The van der Waals surface area contributed by atoms with Gasteiger partial charge in [0.2, 0.25) is 5.91 Å². The zero-order valence-corrected chi connectivity index (χ0v) is 13.1. The van der Waals surface area contributed by atoms with Crippen LogP contribution in [0.5, 0.6) is 0 Å². The van der Waals surface area contributed by atoms with Crippen LogP contribution in [0.4, 0.5) is 0 Å². The minimum Gasteiger partial charge on any atom is -0.378 e. The molecule has 2 aliphatic rings. The lowest BCUT2D eigenvalue weighted by molar-refractivity contribution is -0.121. The van der Waals surface area contributed by atoms with Gasteiger partial charge < -0.3 is 4.74 Å². The Bertz CT molecular complexity index is 653. The number of nitrogens with one attached hydrogen (secondary N) is 1. The summed E-state index contributed by atoms with van der Waals surface area (Å²) in [7, 11) is -3.79. The molecule has 0 radical (unpaired) electrons. The van der Waals surface area contributed by atoms with Gasteiger partial charge >= 0.3 is 10.2 Å². The third-order valence-electron chi connectivity index (χ3n) is 4.12. The molecule has 0 aromatic heterocycles. The van der Waals surface area contributed by atoms with Crippen LogP contribution in [-0.4, -0.2) is 37.9 Å². The summed E-state index contributed by atoms with van der Waals surface area (Å²) < 4.78 is 33.5. The number of benzene rings is 1. The van der Waals surface area contributed by atoms with Gasteiger partial charge in [-0.2, -0.15) is 12.7 Å². The first-order chi connectivity index (χ1) is 10.5. The number of ether oxygens (including phenoxy) is 1. The highest BCUT2D eigenvalue weighted by atomic mass is 32.2. The van der Waals surface area contributed by atoms with Crippen molar-refractivity contribution in [2.45, 2.75) is 38.3 Å². The van der Waals surface area contributed by atoms with Crippen LogP contribution >= 0.6 is 0 Å². The van der Waals surface area contributed by atoms with Crippen molar-refractivity contribution in [1.29, 1.82) is 0 Å². The molecule has 1 saturated heterocycles. The van der Waals surface area contributed by atoms with Crippen LogP contribution in [0.15, 0.2) is 24.3 Å². The van der Waals surface area contributed by atoms with Crippen LogP contribution in [0.1, 0.15) is 30.4 Å². The van der Waals surface area contributed by atoms with Gasteiger partial charge in [-0.25, -0.2) is 4.72 Å². The van der Waals surface area contributed by atoms with E-state index in [4.69, 9.17) is 4.74 Å². The van der Waals surface area contributed by atoms with Crippen molar-refractivity contribution in [3.8, 4) is 0 Å². The van der Waals surface area contributed by atoms with E-state index in [1.165, 1.54) is 9.87 Å². The molecular weight excluding hydrogens is 304 g/mol. The number of hydrogen-bond donors (Lipinski definition) is 1. The molecule has 1 atom stereocenters. The fourth-order valence-corrected chi connectivity index (χ4v) is 4.08. The minimum absolute atomic E-state index is 0.101. The standard InChI is InChI=1S/C15H20N2O4S/c18-15(10-14-6-3-9-21-14)16-22(19,20)17-8-7-12-4-1-2-5-13(12)11-17/h1-2,4-5,14H,3,6-11H2,(H,16,18)/t14-/m0/s1. The van der Waals surface area contributed by atoms with Gasteiger partial charge in [-0.05, 0) is 30.4 Å². The quantitative estimate of drug-likeness (QED) is 0.895. The summed E-state index contributed by atoms with van der Waals surface area (Å²) in [5, 5.41) is 0. The predicted molar refractivity (Wildman–Crippen MR) is 81.2 cm³/mol. The number of amides is 1. The monoisotopic (exact) mass is 324 g/mol. The van der Waals surface area contributed by atoms with Crippen molar-refractivity contribution in [2.75, 3.05) is 13.2 Å². The van der Waals surface area contributed by atoms with E-state index in [0.29, 0.717) is 26.1 Å². The average molecular weight is 324 g/mol. The maximum Gasteiger partial charge on any atom is 0.304 e. The van der Waals surface area contributed by atoms with E-state index < -0.39 is 16.1 Å². The van der Waals surface area contributed by atoms with E-state index in [1.807, 2.05) is 24.3 Å². The number of rotatable bonds is 4. The zero-order valence-electron chi connectivity index (χ0n) is 12.3. The summed E-state index contributed by atoms with van der Waals surface area (Å²) >= 11 is 0. The first-order valence-corrected chi connectivity index (χ1v) is 8.98. The van der Waals surface area contributed by atoms with Gasteiger partial charge in [-0.3, -0.25) is 4.79 Å². The smallest absolute Gasteiger partial charge is 0.304 e. The normalized spacial score (nSPS) is 22.3. The molecule has 1 fully saturated rings. The first-order valence-electron chi connectivity index (χ1n) is 7.54. The molecule has 0 spiro atoms. The van der Waals surface area contributed by atoms with Gasteiger partial charge in [0.1, 0.15) is 0 Å². The Labute approximate surface area is 130 Å². The summed E-state index contributed by atoms with van der Waals surface area (Å²) in [4.78, 5) is 11.9. The summed E-state index contributed by atoms with van der Waals surface area (Å²) in [5.74, 6) is -0.495. The highest BCUT2D eigenvalue weighted by molar-refractivity contribution is 7.87. The molecule has 0 unspecified atom stereocenters. The molecule has 3 rings (SSSR count). The Morgan fingerprint density at radius 3 is 2.82 bits per heavy atom. The molecule has 2 heterocycles. The van der Waals surface area contributed by atoms with E-state index in [1.54, 1.807) is 0 Å². The molecule has 6 nitrogen and oxygen atoms in total. The highest BCUT2D eigenvalue weighted by Gasteiger charge is 2.29. The fraction of sp³-hybridized carbons (Fsp3) is 0.533. The number of carbonyl (C=O) groups is 1. The molecule has 0 aliphatic carbocycles. The molecular formula is C15H20N2O4S. The van der Waals surface area contributed by atoms with Crippen LogP contribution < -0.4 is 4.72 Å². The van der Waals surface area contributed by atoms with E-state index in [2.05, 4.69) is 4.72 Å². The second-order valence-corrected chi connectivity index (χ2v) is 7.39. The summed E-state index contributed by atoms with van der Waals surface area (Å²) in [6.45, 7) is 1.34. The van der Waals surface area contributed by atoms with Crippen molar-refractivity contribution in [1.82, 2.24) is 9.03 Å². The van der Waals surface area contributed by atoms with Crippen molar-refractivity contribution in [3.63, 3.8) is 0 Å². The predicted octanol–water partition coefficient (Wildman–Crippen LogP) is 0.975. The summed E-state index contributed by atoms with van der Waals surface area (Å²) in [6.07, 6.45) is 2.34. The maximum absolute atomic E-state index is 12.3. The van der Waals surface area contributed by atoms with E-state index >= 15 is 0 Å². The molecule has 0 saturated carbocycles. The summed E-state index contributed by atoms with van der Waals surface area (Å²) in [5.41, 5.74) is 2.16. The molecule has 120 valence electrons. The molecule has 1 aromatic rings. The Morgan fingerprint density at radius 1 is 1.32 bits per heavy atom. The van der Waals surface area contributed by atoms with Gasteiger partial charge in [-0.15, -0.1) is 0 Å². The van der Waals surface area contributed by atoms with Crippen LogP contribution in [-0.2, 0) is 32.7 Å². The van der Waals surface area contributed by atoms with E-state index in [9.17, 15) is 13.2 Å². The molecule has 22 heavy (non-hydrogen) atoms. The maximum atomic E-state index is 12.3. The summed E-state index contributed by atoms with van der Waals surface area (Å²) in [6, 6.07) is 7.78. The van der Waals surface area contributed by atoms with Crippen molar-refractivity contribution in [3.05, 3.63) is 35.4 Å². The second kappa shape index (κ2) is 6.36. The number of carbonyl (C=O) groups excluding carboxylic acids is 1. The van der Waals surface area contributed by atoms with Crippen molar-refractivity contribution >= 4 is 16.1 Å². The van der Waals surface area contributed by atoms with Gasteiger partial charge in [0.15, 0.2) is 0 Å². The molecule has 0 bridgehead atoms. The molecule has 1 N–H and O–H groups in total. The average Bonchev–Trinajstić information content (AvgIpc) is 2.99. The van der Waals surface area contributed by atoms with Gasteiger partial charge in [-0.1, -0.05) is 24.3 Å². The third kappa shape index (κ3) is 3.48. The van der Waals surface area contributed by atoms with Crippen molar-refractivity contribution in [2.24, 2.45) is 0 Å². The lowest BCUT2D eigenvalue weighted by atomic mass is 10.0.